The topological polar surface area (TPSA) is 37.3 Å². The molecule has 0 aromatic rings. The maximum absolute atomic E-state index is 12.0. The SMILES string of the molecule is C=C[C@H]1CC[C@H]2[C@@H](O)CCC(=O)[C@]12C. The van der Waals surface area contributed by atoms with Crippen LogP contribution in [-0.2, 0) is 4.79 Å². The number of hydrogen-bond acceptors (Lipinski definition) is 2. The number of aliphatic hydroxyl groups is 1. The summed E-state index contributed by atoms with van der Waals surface area (Å²) in [5.74, 6) is 0.775. The second-order valence-corrected chi connectivity index (χ2v) is 4.84. The molecular formula is C12H18O2. The number of rotatable bonds is 1. The molecule has 0 aromatic carbocycles. The second-order valence-electron chi connectivity index (χ2n) is 4.84. The lowest BCUT2D eigenvalue weighted by Crippen LogP contribution is -2.46. The number of hydrogen-bond donors (Lipinski definition) is 1. The molecule has 4 atom stereocenters. The molecule has 2 heteroatoms. The van der Waals surface area contributed by atoms with Crippen molar-refractivity contribution < 1.29 is 9.90 Å². The van der Waals surface area contributed by atoms with Gasteiger partial charge in [0, 0.05) is 11.8 Å². The molecule has 0 spiro atoms. The fourth-order valence-electron chi connectivity index (χ4n) is 3.35. The predicted octanol–water partition coefficient (Wildman–Crippen LogP) is 1.93. The Morgan fingerprint density at radius 2 is 2.21 bits per heavy atom. The zero-order valence-corrected chi connectivity index (χ0v) is 8.70. The van der Waals surface area contributed by atoms with Crippen molar-refractivity contribution >= 4 is 5.78 Å². The number of carbonyl (C=O) groups is 1. The summed E-state index contributed by atoms with van der Waals surface area (Å²) < 4.78 is 0. The summed E-state index contributed by atoms with van der Waals surface area (Å²) in [6, 6.07) is 0. The average Bonchev–Trinajstić information content (AvgIpc) is 2.51. The minimum atomic E-state index is -0.320. The normalized spacial score (nSPS) is 47.6. The maximum atomic E-state index is 12.0. The van der Waals surface area contributed by atoms with E-state index in [0.29, 0.717) is 18.6 Å². The van der Waals surface area contributed by atoms with Crippen LogP contribution in [0.1, 0.15) is 32.6 Å². The van der Waals surface area contributed by atoms with Gasteiger partial charge in [0.1, 0.15) is 5.78 Å². The zero-order valence-electron chi connectivity index (χ0n) is 8.70. The summed E-state index contributed by atoms with van der Waals surface area (Å²) in [4.78, 5) is 12.0. The molecular weight excluding hydrogens is 176 g/mol. The van der Waals surface area contributed by atoms with E-state index in [0.717, 1.165) is 12.8 Å². The van der Waals surface area contributed by atoms with E-state index in [1.54, 1.807) is 0 Å². The van der Waals surface area contributed by atoms with Crippen molar-refractivity contribution in [3.8, 4) is 0 Å². The fourth-order valence-corrected chi connectivity index (χ4v) is 3.35. The third-order valence-electron chi connectivity index (χ3n) is 4.35. The van der Waals surface area contributed by atoms with Gasteiger partial charge in [-0.2, -0.15) is 0 Å². The largest absolute Gasteiger partial charge is 0.393 e. The lowest BCUT2D eigenvalue weighted by atomic mass is 9.63. The number of carbonyl (C=O) groups excluding carboxylic acids is 1. The Bertz CT molecular complexity index is 271. The highest BCUT2D eigenvalue weighted by molar-refractivity contribution is 5.86. The molecule has 0 aromatic heterocycles. The quantitative estimate of drug-likeness (QED) is 0.648. The standard InChI is InChI=1S/C12H18O2/c1-3-8-4-5-9-10(13)6-7-11(14)12(8,9)2/h3,8-10,13H,1,4-7H2,2H3/t8-,9-,10-,12+/m0/s1. The summed E-state index contributed by atoms with van der Waals surface area (Å²) in [6.45, 7) is 5.82. The van der Waals surface area contributed by atoms with Crippen LogP contribution in [0.4, 0.5) is 0 Å². The Morgan fingerprint density at radius 1 is 1.50 bits per heavy atom. The monoisotopic (exact) mass is 194 g/mol. The van der Waals surface area contributed by atoms with Crippen LogP contribution in [0, 0.1) is 17.3 Å². The van der Waals surface area contributed by atoms with E-state index in [-0.39, 0.29) is 23.4 Å². The molecule has 2 rings (SSSR count). The number of aliphatic hydroxyl groups excluding tert-OH is 1. The van der Waals surface area contributed by atoms with Crippen molar-refractivity contribution in [2.24, 2.45) is 17.3 Å². The molecule has 0 bridgehead atoms. The molecule has 2 aliphatic carbocycles. The maximum Gasteiger partial charge on any atom is 0.139 e. The molecule has 14 heavy (non-hydrogen) atoms. The van der Waals surface area contributed by atoms with Gasteiger partial charge in [-0.1, -0.05) is 13.0 Å². The summed E-state index contributed by atoms with van der Waals surface area (Å²) in [6.07, 6.45) is 4.80. The Labute approximate surface area is 85.0 Å². The van der Waals surface area contributed by atoms with E-state index < -0.39 is 0 Å². The Balaban J connectivity index is 2.35. The van der Waals surface area contributed by atoms with E-state index in [4.69, 9.17) is 0 Å². The first-order valence-electron chi connectivity index (χ1n) is 5.44. The van der Waals surface area contributed by atoms with Gasteiger partial charge in [-0.25, -0.2) is 0 Å². The van der Waals surface area contributed by atoms with Crippen LogP contribution in [0.3, 0.4) is 0 Å². The molecule has 2 aliphatic rings. The number of ketones is 1. The van der Waals surface area contributed by atoms with E-state index in [1.807, 2.05) is 13.0 Å². The van der Waals surface area contributed by atoms with Crippen molar-refractivity contribution in [1.82, 2.24) is 0 Å². The Kier molecular flexibility index (Phi) is 2.26. The van der Waals surface area contributed by atoms with Crippen LogP contribution < -0.4 is 0 Å². The highest BCUT2D eigenvalue weighted by Gasteiger charge is 2.54. The van der Waals surface area contributed by atoms with Gasteiger partial charge >= 0.3 is 0 Å². The van der Waals surface area contributed by atoms with E-state index in [1.165, 1.54) is 0 Å². The Morgan fingerprint density at radius 3 is 2.86 bits per heavy atom. The van der Waals surface area contributed by atoms with Gasteiger partial charge in [-0.05, 0) is 31.1 Å². The average molecular weight is 194 g/mol. The Hall–Kier alpha value is -0.630. The highest BCUT2D eigenvalue weighted by atomic mass is 16.3. The van der Waals surface area contributed by atoms with E-state index in [9.17, 15) is 9.90 Å². The van der Waals surface area contributed by atoms with Gasteiger partial charge in [0.25, 0.3) is 0 Å². The van der Waals surface area contributed by atoms with Crippen LogP contribution in [0.5, 0.6) is 0 Å². The van der Waals surface area contributed by atoms with Gasteiger partial charge < -0.3 is 5.11 Å². The first kappa shape index (κ1) is 9.91. The van der Waals surface area contributed by atoms with Crippen LogP contribution in [0.15, 0.2) is 12.7 Å². The van der Waals surface area contributed by atoms with Crippen molar-refractivity contribution in [3.63, 3.8) is 0 Å². The van der Waals surface area contributed by atoms with Crippen LogP contribution >= 0.6 is 0 Å². The van der Waals surface area contributed by atoms with E-state index >= 15 is 0 Å². The molecule has 78 valence electrons. The molecule has 0 heterocycles. The molecule has 0 amide bonds. The van der Waals surface area contributed by atoms with Crippen LogP contribution in [-0.4, -0.2) is 17.0 Å². The lowest BCUT2D eigenvalue weighted by Gasteiger charge is -2.40. The molecule has 1 N–H and O–H groups in total. The van der Waals surface area contributed by atoms with E-state index in [2.05, 4.69) is 6.58 Å². The first-order valence-corrected chi connectivity index (χ1v) is 5.44. The summed E-state index contributed by atoms with van der Waals surface area (Å²) in [5.41, 5.74) is -0.320. The van der Waals surface area contributed by atoms with Gasteiger partial charge in [-0.3, -0.25) is 4.79 Å². The summed E-state index contributed by atoms with van der Waals surface area (Å²) in [7, 11) is 0. The van der Waals surface area contributed by atoms with Gasteiger partial charge in [-0.15, -0.1) is 6.58 Å². The number of fused-ring (bicyclic) bond motifs is 1. The molecule has 2 fully saturated rings. The predicted molar refractivity (Wildman–Crippen MR) is 54.8 cm³/mol. The smallest absolute Gasteiger partial charge is 0.139 e. The molecule has 0 unspecified atom stereocenters. The summed E-state index contributed by atoms with van der Waals surface area (Å²) >= 11 is 0. The number of allylic oxidation sites excluding steroid dienone is 1. The lowest BCUT2D eigenvalue weighted by molar-refractivity contribution is -0.140. The third-order valence-corrected chi connectivity index (χ3v) is 4.35. The highest BCUT2D eigenvalue weighted by Crippen LogP contribution is 2.53. The fraction of sp³-hybridized carbons (Fsp3) is 0.750. The molecule has 0 aliphatic heterocycles. The van der Waals surface area contributed by atoms with Gasteiger partial charge in [0.2, 0.25) is 0 Å². The van der Waals surface area contributed by atoms with Gasteiger partial charge in [0.05, 0.1) is 6.10 Å². The van der Waals surface area contributed by atoms with Crippen molar-refractivity contribution in [2.75, 3.05) is 0 Å². The van der Waals surface area contributed by atoms with Crippen molar-refractivity contribution in [1.29, 1.82) is 0 Å². The molecule has 2 nitrogen and oxygen atoms in total. The zero-order chi connectivity index (χ0) is 10.3. The minimum absolute atomic E-state index is 0.173. The summed E-state index contributed by atoms with van der Waals surface area (Å²) in [5, 5.41) is 9.89. The molecule has 0 radical (unpaired) electrons. The molecule has 2 saturated carbocycles. The van der Waals surface area contributed by atoms with Crippen LogP contribution in [0.25, 0.3) is 0 Å². The molecule has 0 saturated heterocycles. The minimum Gasteiger partial charge on any atom is -0.393 e. The van der Waals surface area contributed by atoms with Crippen molar-refractivity contribution in [3.05, 3.63) is 12.7 Å². The number of Topliss-reactive ketones (excluding diaryl/α,β-unsaturated/α-hetero) is 1. The van der Waals surface area contributed by atoms with Crippen molar-refractivity contribution in [2.45, 2.75) is 38.7 Å². The third kappa shape index (κ3) is 1.10. The van der Waals surface area contributed by atoms with Gasteiger partial charge in [0.15, 0.2) is 0 Å². The first-order chi connectivity index (χ1) is 6.60. The second kappa shape index (κ2) is 3.20. The van der Waals surface area contributed by atoms with Crippen LogP contribution in [0.2, 0.25) is 0 Å².